The van der Waals surface area contributed by atoms with Crippen LogP contribution < -0.4 is 11.1 Å². The van der Waals surface area contributed by atoms with Crippen molar-refractivity contribution in [2.24, 2.45) is 5.73 Å². The third kappa shape index (κ3) is 2.84. The van der Waals surface area contributed by atoms with Gasteiger partial charge < -0.3 is 25.8 Å². The van der Waals surface area contributed by atoms with Crippen LogP contribution in [0.25, 0.3) is 11.2 Å². The highest BCUT2D eigenvalue weighted by atomic mass is 16.3. The van der Waals surface area contributed by atoms with Gasteiger partial charge in [0.25, 0.3) is 0 Å². The highest BCUT2D eigenvalue weighted by Gasteiger charge is 2.41. The molecule has 8 nitrogen and oxygen atoms in total. The maximum absolute atomic E-state index is 10.2. The Morgan fingerprint density at radius 2 is 1.92 bits per heavy atom. The van der Waals surface area contributed by atoms with Crippen LogP contribution in [0.5, 0.6) is 0 Å². The molecule has 1 aliphatic carbocycles. The SMILES string of the molecule is N[C@@H]1C[C@H](n2cnc3c(NCc4ccccc4)ncnc32)[C@H](O)[C@@H]1O. The van der Waals surface area contributed by atoms with Gasteiger partial charge in [0.1, 0.15) is 17.9 Å². The minimum absolute atomic E-state index is 0.355. The molecule has 5 N–H and O–H groups in total. The van der Waals surface area contributed by atoms with Gasteiger partial charge in [-0.25, -0.2) is 15.0 Å². The van der Waals surface area contributed by atoms with Gasteiger partial charge in [-0.15, -0.1) is 0 Å². The van der Waals surface area contributed by atoms with Crippen LogP contribution in [0.3, 0.4) is 0 Å². The first-order valence-electron chi connectivity index (χ1n) is 8.22. The van der Waals surface area contributed by atoms with Gasteiger partial charge >= 0.3 is 0 Å². The number of fused-ring (bicyclic) bond motifs is 1. The molecule has 1 aliphatic rings. The Kier molecular flexibility index (Phi) is 4.08. The molecule has 0 unspecified atom stereocenters. The zero-order valence-corrected chi connectivity index (χ0v) is 13.5. The van der Waals surface area contributed by atoms with E-state index in [1.54, 1.807) is 10.9 Å². The molecule has 1 saturated carbocycles. The highest BCUT2D eigenvalue weighted by Crippen LogP contribution is 2.32. The smallest absolute Gasteiger partial charge is 0.165 e. The van der Waals surface area contributed by atoms with E-state index < -0.39 is 18.2 Å². The summed E-state index contributed by atoms with van der Waals surface area (Å²) in [6.07, 6.45) is 1.66. The van der Waals surface area contributed by atoms with E-state index in [4.69, 9.17) is 5.73 Å². The molecule has 0 saturated heterocycles. The Labute approximate surface area is 144 Å². The summed E-state index contributed by atoms with van der Waals surface area (Å²) in [7, 11) is 0. The van der Waals surface area contributed by atoms with E-state index in [1.807, 2.05) is 30.3 Å². The molecular formula is C17H20N6O2. The van der Waals surface area contributed by atoms with Gasteiger partial charge in [0.2, 0.25) is 0 Å². The monoisotopic (exact) mass is 340 g/mol. The fourth-order valence-electron chi connectivity index (χ4n) is 3.32. The van der Waals surface area contributed by atoms with Crippen LogP contribution in [-0.2, 0) is 6.54 Å². The summed E-state index contributed by atoms with van der Waals surface area (Å²) in [5.74, 6) is 0.630. The molecule has 4 rings (SSSR count). The van der Waals surface area contributed by atoms with Crippen molar-refractivity contribution in [1.29, 1.82) is 0 Å². The molecule has 2 heterocycles. The predicted molar refractivity (Wildman–Crippen MR) is 92.7 cm³/mol. The number of nitrogens with zero attached hydrogens (tertiary/aromatic N) is 4. The second kappa shape index (κ2) is 6.40. The molecule has 3 aromatic rings. The zero-order chi connectivity index (χ0) is 17.4. The normalized spacial score (nSPS) is 26.2. The molecule has 0 amide bonds. The molecule has 8 heteroatoms. The standard InChI is InChI=1S/C17H20N6O2/c18-11-6-12(15(25)14(11)24)23-9-22-13-16(20-8-21-17(13)23)19-7-10-4-2-1-3-5-10/h1-5,8-9,11-12,14-15,24-25H,6-7,18H2,(H,19,20,21)/t11-,12+,14-,15+/m1/s1. The van der Waals surface area contributed by atoms with E-state index in [1.165, 1.54) is 6.33 Å². The van der Waals surface area contributed by atoms with Crippen LogP contribution in [0.4, 0.5) is 5.82 Å². The quantitative estimate of drug-likeness (QED) is 0.543. The predicted octanol–water partition coefficient (Wildman–Crippen LogP) is 0.432. The first kappa shape index (κ1) is 15.9. The van der Waals surface area contributed by atoms with Gasteiger partial charge in [-0.3, -0.25) is 0 Å². The molecule has 2 aromatic heterocycles. The van der Waals surface area contributed by atoms with E-state index in [2.05, 4.69) is 20.3 Å². The summed E-state index contributed by atoms with van der Waals surface area (Å²) in [5, 5.41) is 23.4. The van der Waals surface area contributed by atoms with Gasteiger partial charge in [0.05, 0.1) is 18.5 Å². The van der Waals surface area contributed by atoms with E-state index in [-0.39, 0.29) is 6.04 Å². The lowest BCUT2D eigenvalue weighted by atomic mass is 10.2. The number of aromatic nitrogens is 4. The second-order valence-corrected chi connectivity index (χ2v) is 6.33. The van der Waals surface area contributed by atoms with Crippen molar-refractivity contribution in [1.82, 2.24) is 19.5 Å². The molecule has 0 radical (unpaired) electrons. The number of hydrogen-bond acceptors (Lipinski definition) is 7. The van der Waals surface area contributed by atoms with E-state index in [0.29, 0.717) is 29.9 Å². The van der Waals surface area contributed by atoms with Crippen molar-refractivity contribution >= 4 is 17.0 Å². The first-order valence-corrected chi connectivity index (χ1v) is 8.22. The van der Waals surface area contributed by atoms with Crippen LogP contribution in [0.15, 0.2) is 43.0 Å². The number of rotatable bonds is 4. The van der Waals surface area contributed by atoms with E-state index in [9.17, 15) is 10.2 Å². The Morgan fingerprint density at radius 1 is 1.12 bits per heavy atom. The summed E-state index contributed by atoms with van der Waals surface area (Å²) >= 11 is 0. The molecule has 25 heavy (non-hydrogen) atoms. The van der Waals surface area contributed by atoms with Gasteiger partial charge in [0.15, 0.2) is 11.5 Å². The van der Waals surface area contributed by atoms with Crippen molar-refractivity contribution in [3.8, 4) is 0 Å². The topological polar surface area (TPSA) is 122 Å². The lowest BCUT2D eigenvalue weighted by Gasteiger charge is -2.18. The Hall–Kier alpha value is -2.55. The summed E-state index contributed by atoms with van der Waals surface area (Å²) in [6.45, 7) is 0.620. The Balaban J connectivity index is 1.62. The van der Waals surface area contributed by atoms with Crippen LogP contribution in [-0.4, -0.2) is 48.0 Å². The van der Waals surface area contributed by atoms with Crippen LogP contribution in [0, 0.1) is 0 Å². The third-order valence-corrected chi connectivity index (χ3v) is 4.72. The molecule has 4 atom stereocenters. The van der Waals surface area contributed by atoms with Crippen molar-refractivity contribution < 1.29 is 10.2 Å². The Bertz CT molecular complexity index is 868. The average Bonchev–Trinajstić information content (AvgIpc) is 3.18. The molecule has 1 aromatic carbocycles. The molecule has 1 fully saturated rings. The van der Waals surface area contributed by atoms with Crippen LogP contribution in [0.2, 0.25) is 0 Å². The maximum Gasteiger partial charge on any atom is 0.165 e. The first-order chi connectivity index (χ1) is 12.1. The van der Waals surface area contributed by atoms with Crippen molar-refractivity contribution in [3.63, 3.8) is 0 Å². The molecule has 0 spiro atoms. The number of aliphatic hydroxyl groups excluding tert-OH is 2. The van der Waals surface area contributed by atoms with Gasteiger partial charge in [-0.1, -0.05) is 30.3 Å². The number of imidazole rings is 1. The third-order valence-electron chi connectivity index (χ3n) is 4.72. The lowest BCUT2D eigenvalue weighted by molar-refractivity contribution is 0.0187. The lowest BCUT2D eigenvalue weighted by Crippen LogP contribution is -2.35. The van der Waals surface area contributed by atoms with E-state index >= 15 is 0 Å². The summed E-state index contributed by atoms with van der Waals surface area (Å²) in [4.78, 5) is 13.0. The van der Waals surface area contributed by atoms with Crippen molar-refractivity contribution in [2.75, 3.05) is 5.32 Å². The molecule has 130 valence electrons. The van der Waals surface area contributed by atoms with Gasteiger partial charge in [-0.2, -0.15) is 0 Å². The number of anilines is 1. The fourth-order valence-corrected chi connectivity index (χ4v) is 3.32. The van der Waals surface area contributed by atoms with Crippen LogP contribution >= 0.6 is 0 Å². The number of hydrogen-bond donors (Lipinski definition) is 4. The number of nitrogens with two attached hydrogens (primary N) is 1. The number of benzene rings is 1. The zero-order valence-electron chi connectivity index (χ0n) is 13.5. The summed E-state index contributed by atoms with van der Waals surface area (Å²) in [6, 6.07) is 9.18. The molecular weight excluding hydrogens is 320 g/mol. The molecule has 0 aliphatic heterocycles. The highest BCUT2D eigenvalue weighted by molar-refractivity contribution is 5.82. The second-order valence-electron chi connectivity index (χ2n) is 6.33. The average molecular weight is 340 g/mol. The van der Waals surface area contributed by atoms with Gasteiger partial charge in [-0.05, 0) is 12.0 Å². The molecule has 0 bridgehead atoms. The number of aliphatic hydroxyl groups is 2. The largest absolute Gasteiger partial charge is 0.389 e. The number of nitrogens with one attached hydrogen (secondary N) is 1. The van der Waals surface area contributed by atoms with Crippen LogP contribution in [0.1, 0.15) is 18.0 Å². The minimum Gasteiger partial charge on any atom is -0.389 e. The minimum atomic E-state index is -0.944. The fraction of sp³-hybridized carbons (Fsp3) is 0.353. The maximum atomic E-state index is 10.2. The van der Waals surface area contributed by atoms with Crippen molar-refractivity contribution in [3.05, 3.63) is 48.5 Å². The summed E-state index contributed by atoms with van der Waals surface area (Å²) in [5.41, 5.74) is 8.23. The van der Waals surface area contributed by atoms with E-state index in [0.717, 1.165) is 5.56 Å². The van der Waals surface area contributed by atoms with Gasteiger partial charge in [0, 0.05) is 12.6 Å². The van der Waals surface area contributed by atoms with Crippen molar-refractivity contribution in [2.45, 2.75) is 37.3 Å². The Morgan fingerprint density at radius 3 is 2.64 bits per heavy atom. The summed E-state index contributed by atoms with van der Waals surface area (Å²) < 4.78 is 1.77.